The van der Waals surface area contributed by atoms with Crippen molar-refractivity contribution in [3.05, 3.63) is 47.5 Å². The van der Waals surface area contributed by atoms with Crippen molar-refractivity contribution < 1.29 is 14.4 Å². The van der Waals surface area contributed by atoms with Crippen LogP contribution in [-0.4, -0.2) is 34.1 Å². The molecule has 1 aliphatic heterocycles. The van der Waals surface area contributed by atoms with Crippen molar-refractivity contribution >= 4 is 28.7 Å². The van der Waals surface area contributed by atoms with Crippen LogP contribution in [0.15, 0.2) is 36.4 Å². The van der Waals surface area contributed by atoms with Crippen LogP contribution in [0.5, 0.6) is 0 Å². The predicted octanol–water partition coefficient (Wildman–Crippen LogP) is 2.12. The van der Waals surface area contributed by atoms with E-state index in [1.54, 1.807) is 36.4 Å². The maximum absolute atomic E-state index is 12.0. The van der Waals surface area contributed by atoms with Crippen molar-refractivity contribution in [1.29, 1.82) is 0 Å². The molecular weight excluding hydrogens is 262 g/mol. The smallest absolute Gasteiger partial charge is 0.261 e. The first-order valence-corrected chi connectivity index (χ1v) is 6.83. The van der Waals surface area contributed by atoms with Crippen LogP contribution in [0.1, 0.15) is 27.6 Å². The molecule has 2 amide bonds. The van der Waals surface area contributed by atoms with E-state index in [9.17, 15) is 14.4 Å². The Morgan fingerprint density at radius 3 is 2.26 bits per heavy atom. The van der Waals surface area contributed by atoms with Crippen LogP contribution >= 0.6 is 11.8 Å². The maximum Gasteiger partial charge on any atom is 0.261 e. The molecule has 0 aromatic heterocycles. The lowest BCUT2D eigenvalue weighted by atomic mass is 10.1. The largest absolute Gasteiger partial charge is 0.288 e. The topological polar surface area (TPSA) is 54.5 Å². The molecule has 0 radical (unpaired) electrons. The molecule has 4 nitrogen and oxygen atoms in total. The van der Waals surface area contributed by atoms with Crippen molar-refractivity contribution in [3.8, 4) is 0 Å². The number of nitrogens with zero attached hydrogens (tertiary/aromatic N) is 1. The number of hydrogen-bond donors (Lipinski definition) is 0. The summed E-state index contributed by atoms with van der Waals surface area (Å²) in [5.41, 5.74) is 0.915. The van der Waals surface area contributed by atoms with Crippen molar-refractivity contribution in [3.63, 3.8) is 0 Å². The number of benzene rings is 1. The maximum atomic E-state index is 12.0. The average molecular weight is 275 g/mol. The molecule has 1 aromatic rings. The Labute approximate surface area is 115 Å². The molecule has 0 fully saturated rings. The van der Waals surface area contributed by atoms with Crippen LogP contribution in [-0.2, 0) is 4.79 Å². The van der Waals surface area contributed by atoms with Gasteiger partial charge < -0.3 is 0 Å². The highest BCUT2D eigenvalue weighted by atomic mass is 32.2. The first kappa shape index (κ1) is 13.5. The van der Waals surface area contributed by atoms with Crippen molar-refractivity contribution in [2.45, 2.75) is 6.92 Å². The summed E-state index contributed by atoms with van der Waals surface area (Å²) in [6.45, 7) is 1.74. The third kappa shape index (κ3) is 2.93. The van der Waals surface area contributed by atoms with Crippen molar-refractivity contribution in [1.82, 2.24) is 4.90 Å². The molecule has 19 heavy (non-hydrogen) atoms. The van der Waals surface area contributed by atoms with E-state index in [0.717, 1.165) is 0 Å². The SMILES string of the molecule is CC(=O)SCC=CCN1C(=O)c2ccccc2C1=O. The van der Waals surface area contributed by atoms with Crippen LogP contribution < -0.4 is 0 Å². The first-order valence-electron chi connectivity index (χ1n) is 5.85. The number of rotatable bonds is 4. The van der Waals surface area contributed by atoms with Gasteiger partial charge in [0.05, 0.1) is 11.1 Å². The summed E-state index contributed by atoms with van der Waals surface area (Å²) >= 11 is 1.19. The number of amides is 2. The van der Waals surface area contributed by atoms with Crippen molar-refractivity contribution in [2.75, 3.05) is 12.3 Å². The number of carbonyl (C=O) groups is 3. The number of thioether (sulfide) groups is 1. The molecule has 0 saturated carbocycles. The fraction of sp³-hybridized carbons (Fsp3) is 0.214. The van der Waals surface area contributed by atoms with Gasteiger partial charge in [-0.15, -0.1) is 0 Å². The second-order valence-electron chi connectivity index (χ2n) is 4.04. The molecule has 1 heterocycles. The molecule has 2 rings (SSSR count). The highest BCUT2D eigenvalue weighted by Gasteiger charge is 2.33. The predicted molar refractivity (Wildman–Crippen MR) is 74.1 cm³/mol. The summed E-state index contributed by atoms with van der Waals surface area (Å²) in [4.78, 5) is 35.9. The van der Waals surface area contributed by atoms with Gasteiger partial charge in [0.1, 0.15) is 0 Å². The van der Waals surface area contributed by atoms with Gasteiger partial charge in [-0.25, -0.2) is 0 Å². The van der Waals surface area contributed by atoms with E-state index in [4.69, 9.17) is 0 Å². The fourth-order valence-electron chi connectivity index (χ4n) is 1.82. The lowest BCUT2D eigenvalue weighted by molar-refractivity contribution is -0.109. The van der Waals surface area contributed by atoms with Gasteiger partial charge >= 0.3 is 0 Å². The summed E-state index contributed by atoms with van der Waals surface area (Å²) in [6.07, 6.45) is 3.52. The van der Waals surface area contributed by atoms with Gasteiger partial charge in [0, 0.05) is 19.2 Å². The first-order chi connectivity index (χ1) is 9.11. The molecule has 0 unspecified atom stereocenters. The average Bonchev–Trinajstić information content (AvgIpc) is 2.63. The Morgan fingerprint density at radius 1 is 1.16 bits per heavy atom. The lowest BCUT2D eigenvalue weighted by Crippen LogP contribution is -2.29. The minimum atomic E-state index is -0.260. The van der Waals surface area contributed by atoms with E-state index in [-0.39, 0.29) is 23.5 Å². The second kappa shape index (κ2) is 5.84. The molecule has 0 N–H and O–H groups in total. The van der Waals surface area contributed by atoms with E-state index in [1.165, 1.54) is 23.6 Å². The molecule has 0 aliphatic carbocycles. The Kier molecular flexibility index (Phi) is 4.16. The van der Waals surface area contributed by atoms with Gasteiger partial charge in [0.2, 0.25) is 0 Å². The van der Waals surface area contributed by atoms with E-state index in [1.807, 2.05) is 0 Å². The Balaban J connectivity index is 1.99. The standard InChI is InChI=1S/C14H13NO3S/c1-10(16)19-9-5-4-8-15-13(17)11-6-2-3-7-12(11)14(15)18/h2-7H,8-9H2,1H3. The quantitative estimate of drug-likeness (QED) is 0.624. The summed E-state index contributed by atoms with van der Waals surface area (Å²) in [5.74, 6) is 0.0346. The zero-order chi connectivity index (χ0) is 13.8. The Hall–Kier alpha value is -1.88. The Morgan fingerprint density at radius 2 is 1.74 bits per heavy atom. The zero-order valence-electron chi connectivity index (χ0n) is 10.5. The third-order valence-electron chi connectivity index (χ3n) is 2.72. The van der Waals surface area contributed by atoms with Gasteiger partial charge in [0.15, 0.2) is 5.12 Å². The van der Waals surface area contributed by atoms with E-state index in [0.29, 0.717) is 16.9 Å². The summed E-state index contributed by atoms with van der Waals surface area (Å²) in [6, 6.07) is 6.80. The van der Waals surface area contributed by atoms with Crippen LogP contribution in [0.25, 0.3) is 0 Å². The van der Waals surface area contributed by atoms with Crippen molar-refractivity contribution in [2.24, 2.45) is 0 Å². The molecular formula is C14H13NO3S. The molecule has 0 atom stereocenters. The number of fused-ring (bicyclic) bond motifs is 1. The summed E-state index contributed by atoms with van der Waals surface area (Å²) in [7, 11) is 0. The molecule has 0 spiro atoms. The zero-order valence-corrected chi connectivity index (χ0v) is 11.3. The molecule has 98 valence electrons. The van der Waals surface area contributed by atoms with Crippen LogP contribution in [0, 0.1) is 0 Å². The summed E-state index contributed by atoms with van der Waals surface area (Å²) in [5, 5.41) is 0.0466. The highest BCUT2D eigenvalue weighted by Crippen LogP contribution is 2.22. The van der Waals surface area contributed by atoms with Gasteiger partial charge in [-0.3, -0.25) is 19.3 Å². The van der Waals surface area contributed by atoms with Gasteiger partial charge in [-0.05, 0) is 12.1 Å². The molecule has 5 heteroatoms. The van der Waals surface area contributed by atoms with Crippen LogP contribution in [0.2, 0.25) is 0 Å². The van der Waals surface area contributed by atoms with E-state index in [2.05, 4.69) is 0 Å². The minimum absolute atomic E-state index is 0.0466. The van der Waals surface area contributed by atoms with E-state index < -0.39 is 0 Å². The normalized spacial score (nSPS) is 14.3. The lowest BCUT2D eigenvalue weighted by Gasteiger charge is -2.10. The molecule has 0 saturated heterocycles. The number of imide groups is 1. The van der Waals surface area contributed by atoms with Crippen LogP contribution in [0.4, 0.5) is 0 Å². The molecule has 1 aliphatic rings. The summed E-state index contributed by atoms with van der Waals surface area (Å²) < 4.78 is 0. The minimum Gasteiger partial charge on any atom is -0.288 e. The molecule has 1 aromatic carbocycles. The fourth-order valence-corrected chi connectivity index (χ4v) is 2.29. The Bertz CT molecular complexity index is 531. The van der Waals surface area contributed by atoms with Crippen LogP contribution in [0.3, 0.4) is 0 Å². The van der Waals surface area contributed by atoms with Gasteiger partial charge in [0.25, 0.3) is 11.8 Å². The van der Waals surface area contributed by atoms with Gasteiger partial charge in [-0.2, -0.15) is 0 Å². The monoisotopic (exact) mass is 275 g/mol. The van der Waals surface area contributed by atoms with Gasteiger partial charge in [-0.1, -0.05) is 36.0 Å². The molecule has 0 bridgehead atoms. The highest BCUT2D eigenvalue weighted by molar-refractivity contribution is 8.13. The second-order valence-corrected chi connectivity index (χ2v) is 5.24. The number of hydrogen-bond acceptors (Lipinski definition) is 4. The number of carbonyl (C=O) groups excluding carboxylic acids is 3. The van der Waals surface area contributed by atoms with E-state index >= 15 is 0 Å². The third-order valence-corrected chi connectivity index (χ3v) is 3.48.